The first kappa shape index (κ1) is 77.0. The Bertz CT molecular complexity index is 3830. The highest BCUT2D eigenvalue weighted by atomic mass is 16.4. The molecule has 9 rings (SSSR count). The molecule has 1 aromatic heterocycles. The van der Waals surface area contributed by atoms with Gasteiger partial charge in [0.2, 0.25) is 0 Å². The summed E-state index contributed by atoms with van der Waals surface area (Å²) in [6.45, 7) is 8.72. The molecule has 0 amide bonds. The van der Waals surface area contributed by atoms with Crippen LogP contribution < -0.4 is 22.5 Å². The normalized spacial score (nSPS) is 14.5. The summed E-state index contributed by atoms with van der Waals surface area (Å²) in [7, 11) is 0. The Labute approximate surface area is 562 Å². The van der Waals surface area contributed by atoms with Crippen molar-refractivity contribution in [3.8, 4) is 5.75 Å². The standard InChI is InChI=1S/C22H24N2O3.C20H23NO4.C19H21NO3.C16H21NO3.CH4/c1-14-6-8-15(9-7-14)10-16(22(26)27)12-21(25)19(23)11-17-13-24-20-5-3-2-4-18(17)20;1-13-3-2-4-15(9-13)10-16(20(24)25)12-19(23)18(21)11-14-5-7-17(22)8-6-14;1-13-6-5-7-14(10-13)11-16(19(22)23)12-17(21)18(20)15-8-3-2-4-9-15;1-11-4-6-12(7-5-11)9-13(16(19)20)10-15(18)14-3-2-8-17-14;/h2-9,13,16,19,24H,10-12,23H2,1H3,(H,26,27);2-9,16,18,22H,10-12,21H2,1H3,(H,24,25);2-10,16,18H,11-12,20H2,1H3,(H,22,23);4-7,13-14,17H,2-3,8-10H2,1H3,(H,19,20);1H4/t16?,19-;2*16?,18-;13?,14-;/m0000./s1. The molecule has 1 aliphatic rings. The van der Waals surface area contributed by atoms with Crippen molar-refractivity contribution >= 4 is 57.9 Å². The van der Waals surface area contributed by atoms with Crippen LogP contribution in [0.4, 0.5) is 0 Å². The van der Waals surface area contributed by atoms with Crippen molar-refractivity contribution in [3.63, 3.8) is 0 Å². The van der Waals surface area contributed by atoms with Gasteiger partial charge >= 0.3 is 23.9 Å². The molecule has 8 aromatic rings. The minimum absolute atomic E-state index is 0. The molecule has 0 radical (unpaired) electrons. The molecule has 18 nitrogen and oxygen atoms in total. The number of carboxylic acid groups (broad SMARTS) is 4. The summed E-state index contributed by atoms with van der Waals surface area (Å²) in [6.07, 6.45) is 5.62. The van der Waals surface area contributed by atoms with E-state index >= 15 is 0 Å². The first-order valence-electron chi connectivity index (χ1n) is 31.9. The molecule has 0 bridgehead atoms. The Kier molecular flexibility index (Phi) is 31.0. The van der Waals surface area contributed by atoms with Crippen LogP contribution in [0.25, 0.3) is 10.9 Å². The fourth-order valence-electron chi connectivity index (χ4n) is 11.3. The zero-order valence-corrected chi connectivity index (χ0v) is 54.4. The number of carboxylic acids is 4. The number of H-pyrrole nitrogens is 1. The lowest BCUT2D eigenvalue weighted by atomic mass is 9.90. The van der Waals surface area contributed by atoms with Gasteiger partial charge in [0.15, 0.2) is 23.1 Å². The number of aromatic nitrogens is 1. The second-order valence-electron chi connectivity index (χ2n) is 24.8. The van der Waals surface area contributed by atoms with Crippen LogP contribution >= 0.6 is 0 Å². The van der Waals surface area contributed by atoms with E-state index in [0.29, 0.717) is 44.1 Å². The fourth-order valence-corrected chi connectivity index (χ4v) is 11.3. The van der Waals surface area contributed by atoms with Gasteiger partial charge in [-0.05, 0) is 143 Å². The smallest absolute Gasteiger partial charge is 0.307 e. The summed E-state index contributed by atoms with van der Waals surface area (Å²) >= 11 is 0. The summed E-state index contributed by atoms with van der Waals surface area (Å²) in [5.41, 5.74) is 29.6. The summed E-state index contributed by atoms with van der Waals surface area (Å²) in [6, 6.07) is 51.7. The Balaban J connectivity index is 0.000000232. The Morgan fingerprint density at radius 3 is 1.32 bits per heavy atom. The van der Waals surface area contributed by atoms with Gasteiger partial charge in [0.1, 0.15) is 5.75 Å². The second kappa shape index (κ2) is 38.6. The summed E-state index contributed by atoms with van der Waals surface area (Å²) < 4.78 is 0. The molecule has 508 valence electrons. The number of hydrogen-bond donors (Lipinski definition) is 10. The molecule has 2 heterocycles. The van der Waals surface area contributed by atoms with Crippen molar-refractivity contribution < 1.29 is 63.9 Å². The van der Waals surface area contributed by atoms with Crippen molar-refractivity contribution in [3.05, 3.63) is 243 Å². The van der Waals surface area contributed by atoms with E-state index in [-0.39, 0.29) is 68.0 Å². The number of nitrogens with one attached hydrogen (secondary N) is 2. The van der Waals surface area contributed by atoms with Crippen LogP contribution in [0, 0.1) is 51.4 Å². The molecule has 13 N–H and O–H groups in total. The van der Waals surface area contributed by atoms with Crippen LogP contribution in [-0.2, 0) is 76.9 Å². The summed E-state index contributed by atoms with van der Waals surface area (Å²) in [5, 5.41) is 51.1. The number of phenols is 1. The van der Waals surface area contributed by atoms with Crippen LogP contribution in [0.15, 0.2) is 182 Å². The molecule has 4 unspecified atom stereocenters. The molecule has 0 aliphatic carbocycles. The van der Waals surface area contributed by atoms with E-state index in [2.05, 4.69) is 10.3 Å². The third kappa shape index (κ3) is 25.5. The van der Waals surface area contributed by atoms with Gasteiger partial charge in [-0.1, -0.05) is 187 Å². The molecular formula is C78H93N5O13. The lowest BCUT2D eigenvalue weighted by Crippen LogP contribution is -2.35. The fraction of sp³-hybridized carbons (Fsp3) is 0.333. The quantitative estimate of drug-likeness (QED) is 0.0208. The van der Waals surface area contributed by atoms with Gasteiger partial charge in [-0.2, -0.15) is 0 Å². The topological polar surface area (TPSA) is 344 Å². The molecule has 7 aromatic carbocycles. The molecule has 96 heavy (non-hydrogen) atoms. The summed E-state index contributed by atoms with van der Waals surface area (Å²) in [5.74, 6) is -7.35. The average molecular weight is 1310 g/mol. The highest BCUT2D eigenvalue weighted by Gasteiger charge is 2.30. The maximum atomic E-state index is 12.6. The van der Waals surface area contributed by atoms with Crippen molar-refractivity contribution in [2.75, 3.05) is 6.54 Å². The number of carbonyl (C=O) groups is 8. The minimum Gasteiger partial charge on any atom is -0.508 e. The van der Waals surface area contributed by atoms with Gasteiger partial charge < -0.3 is 53.0 Å². The van der Waals surface area contributed by atoms with E-state index in [9.17, 15) is 63.9 Å². The molecule has 0 spiro atoms. The molecule has 1 aliphatic heterocycles. The Morgan fingerprint density at radius 2 is 0.865 bits per heavy atom. The monoisotopic (exact) mass is 1310 g/mol. The minimum atomic E-state index is -0.994. The van der Waals surface area contributed by atoms with E-state index in [0.717, 1.165) is 85.9 Å². The van der Waals surface area contributed by atoms with Crippen molar-refractivity contribution in [2.24, 2.45) is 40.9 Å². The molecule has 1 saturated heterocycles. The highest BCUT2D eigenvalue weighted by molar-refractivity contribution is 5.91. The predicted molar refractivity (Wildman–Crippen MR) is 373 cm³/mol. The predicted octanol–water partition coefficient (Wildman–Crippen LogP) is 11.2. The number of aromatic amines is 1. The lowest BCUT2D eigenvalue weighted by Gasteiger charge is -2.16. The number of hydrogen-bond acceptors (Lipinski definition) is 13. The van der Waals surface area contributed by atoms with E-state index < -0.39 is 65.7 Å². The number of Topliss-reactive ketones (excluding diaryl/α,β-unsaturated/α-hetero) is 4. The number of aromatic hydroxyl groups is 1. The average Bonchev–Trinajstić information content (AvgIpc) is 1.90. The van der Waals surface area contributed by atoms with E-state index in [1.165, 1.54) is 12.1 Å². The van der Waals surface area contributed by atoms with Crippen LogP contribution in [0.1, 0.15) is 113 Å². The van der Waals surface area contributed by atoms with Crippen LogP contribution in [-0.4, -0.2) is 102 Å². The molecular weight excluding hydrogens is 1210 g/mol. The molecule has 8 atom stereocenters. The number of aliphatic carboxylic acids is 4. The van der Waals surface area contributed by atoms with Gasteiger partial charge in [-0.25, -0.2) is 0 Å². The van der Waals surface area contributed by atoms with Crippen LogP contribution in [0.5, 0.6) is 5.75 Å². The zero-order valence-electron chi connectivity index (χ0n) is 54.4. The second-order valence-corrected chi connectivity index (χ2v) is 24.8. The number of aryl methyl sites for hydroxylation is 4. The van der Waals surface area contributed by atoms with Crippen molar-refractivity contribution in [2.45, 2.75) is 136 Å². The Hall–Kier alpha value is -9.72. The van der Waals surface area contributed by atoms with Gasteiger partial charge in [0.25, 0.3) is 0 Å². The van der Waals surface area contributed by atoms with E-state index in [4.69, 9.17) is 17.2 Å². The first-order valence-corrected chi connectivity index (χ1v) is 31.9. The first-order chi connectivity index (χ1) is 45.3. The maximum Gasteiger partial charge on any atom is 0.307 e. The SMILES string of the molecule is C.Cc1ccc(CC(CC(=O)[C@@H](N)Cc2c[nH]c3ccccc23)C(=O)O)cc1.Cc1ccc(CC(CC(=O)[C@@H]2CCCN2)C(=O)O)cc1.Cc1cccc(CC(CC(=O)[C@@H](N)Cc2ccc(O)cc2)C(=O)O)c1.Cc1cccc(CC(CC(=O)[C@@H](N)c2ccccc2)C(=O)O)c1. The number of ketones is 4. The summed E-state index contributed by atoms with van der Waals surface area (Å²) in [4.78, 5) is 98.5. The molecule has 0 saturated carbocycles. The molecule has 18 heteroatoms. The number of para-hydroxylation sites is 1. The van der Waals surface area contributed by atoms with Gasteiger partial charge in [0, 0.05) is 42.8 Å². The lowest BCUT2D eigenvalue weighted by molar-refractivity contribution is -0.144. The van der Waals surface area contributed by atoms with Crippen molar-refractivity contribution in [1.29, 1.82) is 0 Å². The number of rotatable bonds is 29. The highest BCUT2D eigenvalue weighted by Crippen LogP contribution is 2.24. The van der Waals surface area contributed by atoms with Gasteiger partial charge in [-0.3, -0.25) is 38.4 Å². The number of nitrogens with two attached hydrogens (primary N) is 3. The van der Waals surface area contributed by atoms with E-state index in [1.807, 2.05) is 173 Å². The van der Waals surface area contributed by atoms with Gasteiger partial charge in [-0.15, -0.1) is 0 Å². The molecule has 1 fully saturated rings. The van der Waals surface area contributed by atoms with E-state index in [1.54, 1.807) is 24.3 Å². The van der Waals surface area contributed by atoms with Crippen molar-refractivity contribution in [1.82, 2.24) is 10.3 Å². The third-order valence-electron chi connectivity index (χ3n) is 16.8. The maximum absolute atomic E-state index is 12.6. The van der Waals surface area contributed by atoms with Gasteiger partial charge in [0.05, 0.1) is 47.8 Å². The zero-order chi connectivity index (χ0) is 69.1. The van der Waals surface area contributed by atoms with Crippen LogP contribution in [0.2, 0.25) is 0 Å². The van der Waals surface area contributed by atoms with Crippen LogP contribution in [0.3, 0.4) is 0 Å². The third-order valence-corrected chi connectivity index (χ3v) is 16.8. The largest absolute Gasteiger partial charge is 0.508 e. The number of benzene rings is 7. The number of fused-ring (bicyclic) bond motifs is 1. The number of phenolic OH excluding ortho intramolecular Hbond substituents is 1. The Morgan fingerprint density at radius 1 is 0.448 bits per heavy atom. The number of carbonyl (C=O) groups excluding carboxylic acids is 4.